The Balaban J connectivity index is 2.00. The van der Waals surface area contributed by atoms with E-state index in [1.165, 1.54) is 10.5 Å². The van der Waals surface area contributed by atoms with Crippen molar-refractivity contribution in [3.05, 3.63) is 34.5 Å². The van der Waals surface area contributed by atoms with Gasteiger partial charge in [-0.1, -0.05) is 0 Å². The molecule has 0 saturated carbocycles. The van der Waals surface area contributed by atoms with Crippen LogP contribution in [0.3, 0.4) is 0 Å². The molecule has 0 bridgehead atoms. The molecule has 0 aromatic carbocycles. The van der Waals surface area contributed by atoms with E-state index in [-0.39, 0.29) is 0 Å². The van der Waals surface area contributed by atoms with Crippen molar-refractivity contribution in [1.82, 2.24) is 7.36 Å². The molecule has 3 rings (SSSR count). The fourth-order valence-corrected chi connectivity index (χ4v) is 3.51. The molecule has 0 unspecified atom stereocenters. The Morgan fingerprint density at radius 3 is 3.31 bits per heavy atom. The Hall–Kier alpha value is -0.628. The van der Waals surface area contributed by atoms with Gasteiger partial charge in [-0.05, 0) is 0 Å². The predicted octanol–water partition coefficient (Wildman–Crippen LogP) is 2.20. The minimum absolute atomic E-state index is 0.777. The average Bonchev–Trinajstić information content (AvgIpc) is 2.87. The van der Waals surface area contributed by atoms with E-state index in [9.17, 15) is 0 Å². The third-order valence-corrected chi connectivity index (χ3v) is 4.56. The monoisotopic (exact) mass is 422 g/mol. The van der Waals surface area contributed by atoms with Gasteiger partial charge in [0, 0.05) is 0 Å². The number of imidazole rings is 1. The SMILES string of the molecule is [Tl][n]1cnc(/C=C2\CCOc3ccsc32)c1. The first-order chi connectivity index (χ1) is 7.83. The fourth-order valence-electron chi connectivity index (χ4n) is 1.77. The summed E-state index contributed by atoms with van der Waals surface area (Å²) in [5, 5.41) is 2.08. The molecule has 0 spiro atoms. The maximum absolute atomic E-state index is 5.59. The van der Waals surface area contributed by atoms with Crippen LogP contribution in [0.1, 0.15) is 17.0 Å². The Kier molecular flexibility index (Phi) is 2.84. The minimum atomic E-state index is 0.777. The Morgan fingerprint density at radius 2 is 2.50 bits per heavy atom. The van der Waals surface area contributed by atoms with Gasteiger partial charge < -0.3 is 0 Å². The maximum atomic E-state index is 5.59. The van der Waals surface area contributed by atoms with Gasteiger partial charge in [0.2, 0.25) is 0 Å². The molecule has 0 saturated heterocycles. The van der Waals surface area contributed by atoms with E-state index < -0.39 is 0 Å². The van der Waals surface area contributed by atoms with Gasteiger partial charge in [0.25, 0.3) is 0 Å². The van der Waals surface area contributed by atoms with Crippen molar-refractivity contribution < 1.29 is 4.74 Å². The van der Waals surface area contributed by atoms with Crippen molar-refractivity contribution in [2.24, 2.45) is 0 Å². The summed E-state index contributed by atoms with van der Waals surface area (Å²) < 4.78 is 7.71. The van der Waals surface area contributed by atoms with Crippen molar-refractivity contribution >= 4 is 49.1 Å². The molecule has 0 N–H and O–H groups in total. The summed E-state index contributed by atoms with van der Waals surface area (Å²) in [6, 6.07) is 2.04. The number of nitrogens with zero attached hydrogens (tertiary/aromatic N) is 2. The Labute approximate surface area is 114 Å². The summed E-state index contributed by atoms with van der Waals surface area (Å²) >= 11 is 2.53. The van der Waals surface area contributed by atoms with Gasteiger partial charge in [0.15, 0.2) is 0 Å². The number of ether oxygens (including phenoxy) is 1. The summed E-state index contributed by atoms with van der Waals surface area (Å²) in [7, 11) is 0. The van der Waals surface area contributed by atoms with Crippen LogP contribution in [0.5, 0.6) is 5.75 Å². The van der Waals surface area contributed by atoms with Crippen LogP contribution in [0.15, 0.2) is 24.0 Å². The number of thiophene rings is 1. The molecule has 0 radical (unpaired) electrons. The van der Waals surface area contributed by atoms with Gasteiger partial charge in [0.05, 0.1) is 0 Å². The summed E-state index contributed by atoms with van der Waals surface area (Å²) in [5.41, 5.74) is 2.40. The third kappa shape index (κ3) is 1.95. The molecule has 2 aromatic heterocycles. The fraction of sp³-hybridized carbons (Fsp3) is 0.182. The van der Waals surface area contributed by atoms with E-state index in [1.54, 1.807) is 11.3 Å². The zero-order chi connectivity index (χ0) is 11.0. The molecule has 2 aromatic rings. The van der Waals surface area contributed by atoms with Crippen LogP contribution in [-0.2, 0) is 0 Å². The van der Waals surface area contributed by atoms with E-state index >= 15 is 0 Å². The summed E-state index contributed by atoms with van der Waals surface area (Å²) in [5.74, 6) is 1.02. The Bertz CT molecular complexity index is 544. The number of rotatable bonds is 1. The molecule has 78 valence electrons. The first-order valence-corrected chi connectivity index (χ1v) is 7.92. The second-order valence-electron chi connectivity index (χ2n) is 3.63. The zero-order valence-corrected chi connectivity index (χ0v) is 13.9. The van der Waals surface area contributed by atoms with E-state index in [0.717, 1.165) is 50.5 Å². The van der Waals surface area contributed by atoms with Crippen LogP contribution in [-0.4, -0.2) is 40.0 Å². The molecule has 3 heterocycles. The Morgan fingerprint density at radius 1 is 1.56 bits per heavy atom. The van der Waals surface area contributed by atoms with Crippen molar-refractivity contribution in [3.8, 4) is 5.75 Å². The van der Waals surface area contributed by atoms with E-state index in [1.807, 2.05) is 12.4 Å². The van der Waals surface area contributed by atoms with Gasteiger partial charge in [-0.3, -0.25) is 0 Å². The van der Waals surface area contributed by atoms with Crippen LogP contribution in [0.4, 0.5) is 0 Å². The van der Waals surface area contributed by atoms with Crippen molar-refractivity contribution in [1.29, 1.82) is 0 Å². The van der Waals surface area contributed by atoms with E-state index in [4.69, 9.17) is 4.74 Å². The van der Waals surface area contributed by atoms with Crippen LogP contribution >= 0.6 is 11.3 Å². The van der Waals surface area contributed by atoms with Gasteiger partial charge >= 0.3 is 114 Å². The van der Waals surface area contributed by atoms with Gasteiger partial charge in [-0.25, -0.2) is 0 Å². The summed E-state index contributed by atoms with van der Waals surface area (Å²) in [6.07, 6.45) is 7.15. The number of hydrogen-bond acceptors (Lipinski definition) is 3. The molecule has 1 aliphatic heterocycles. The molecule has 0 aliphatic carbocycles. The molecular weight excluding hydrogens is 413 g/mol. The number of fused-ring (bicyclic) bond motifs is 1. The van der Waals surface area contributed by atoms with Gasteiger partial charge in [-0.15, -0.1) is 0 Å². The first kappa shape index (κ1) is 10.5. The molecule has 0 amide bonds. The topological polar surface area (TPSA) is 27.1 Å². The quantitative estimate of drug-likeness (QED) is 0.660. The standard InChI is InChI=1S/C11H9N2OS.Tl/c1-3-14-10-2-4-15-11(10)8(1)5-9-6-12-7-13-9;/h2,4-7H,1,3H2;/q-1;+1/b8-5+;. The predicted molar refractivity (Wildman–Crippen MR) is 65.7 cm³/mol. The summed E-state index contributed by atoms with van der Waals surface area (Å²) in [4.78, 5) is 5.62. The molecule has 3 nitrogen and oxygen atoms in total. The molecule has 5 heteroatoms. The molecular formula is C11H9N2OSTl. The van der Waals surface area contributed by atoms with Crippen molar-refractivity contribution in [3.63, 3.8) is 0 Å². The summed E-state index contributed by atoms with van der Waals surface area (Å²) in [6.45, 7) is 0.777. The van der Waals surface area contributed by atoms with Crippen LogP contribution in [0.25, 0.3) is 11.6 Å². The van der Waals surface area contributed by atoms with E-state index in [2.05, 4.69) is 25.0 Å². The normalized spacial score (nSPS) is 17.1. The van der Waals surface area contributed by atoms with Crippen LogP contribution in [0.2, 0.25) is 0 Å². The van der Waals surface area contributed by atoms with Gasteiger partial charge in [0.1, 0.15) is 0 Å². The van der Waals surface area contributed by atoms with Crippen LogP contribution < -0.4 is 4.74 Å². The van der Waals surface area contributed by atoms with Gasteiger partial charge in [-0.2, -0.15) is 0 Å². The number of hydrogen-bond donors (Lipinski definition) is 0. The number of aromatic nitrogens is 2. The van der Waals surface area contributed by atoms with Crippen molar-refractivity contribution in [2.45, 2.75) is 6.42 Å². The average molecular weight is 422 g/mol. The van der Waals surface area contributed by atoms with Crippen molar-refractivity contribution in [2.75, 3.05) is 6.61 Å². The second-order valence-corrected chi connectivity index (χ2v) is 6.86. The van der Waals surface area contributed by atoms with E-state index in [0.29, 0.717) is 0 Å². The second kappa shape index (κ2) is 4.33. The molecule has 16 heavy (non-hydrogen) atoms. The third-order valence-electron chi connectivity index (χ3n) is 2.49. The zero-order valence-electron chi connectivity index (χ0n) is 8.59. The molecule has 1 aliphatic rings. The molecule has 0 fully saturated rings. The van der Waals surface area contributed by atoms with Crippen LogP contribution in [0, 0.1) is 0 Å². The molecule has 0 atom stereocenters. The first-order valence-electron chi connectivity index (χ1n) is 5.03.